The van der Waals surface area contributed by atoms with E-state index in [9.17, 15) is 14.4 Å². The molecule has 0 unspecified atom stereocenters. The maximum atomic E-state index is 12.3. The van der Waals surface area contributed by atoms with Gasteiger partial charge in [-0.3, -0.25) is 19.3 Å². The zero-order chi connectivity index (χ0) is 17.0. The van der Waals surface area contributed by atoms with Gasteiger partial charge in [-0.15, -0.1) is 0 Å². The van der Waals surface area contributed by atoms with Gasteiger partial charge >= 0.3 is 5.97 Å². The van der Waals surface area contributed by atoms with E-state index >= 15 is 0 Å². The summed E-state index contributed by atoms with van der Waals surface area (Å²) in [6.45, 7) is 3.39. The van der Waals surface area contributed by atoms with Crippen LogP contribution in [0.15, 0.2) is 23.1 Å². The molecule has 2 rings (SSSR count). The number of aryl methyl sites for hydroxylation is 1. The number of rotatable bonds is 5. The van der Waals surface area contributed by atoms with Crippen molar-refractivity contribution in [2.24, 2.45) is 0 Å². The zero-order valence-corrected chi connectivity index (χ0v) is 13.9. The first-order valence-electron chi connectivity index (χ1n) is 7.02. The molecule has 1 heterocycles. The Kier molecular flexibility index (Phi) is 5.44. The SMILES string of the molecule is CCOC(=O)CN1C(=O)SC(=Cc2ccc(OC)cc2C)C1=O. The molecule has 1 fully saturated rings. The number of carbonyl (C=O) groups is 3. The number of hydrogen-bond donors (Lipinski definition) is 0. The van der Waals surface area contributed by atoms with E-state index in [1.807, 2.05) is 19.1 Å². The second-order valence-corrected chi connectivity index (χ2v) is 5.79. The normalized spacial score (nSPS) is 16.1. The van der Waals surface area contributed by atoms with Gasteiger partial charge in [0.25, 0.3) is 11.1 Å². The third kappa shape index (κ3) is 3.92. The summed E-state index contributed by atoms with van der Waals surface area (Å²) in [4.78, 5) is 36.8. The second-order valence-electron chi connectivity index (χ2n) is 4.80. The van der Waals surface area contributed by atoms with Crippen LogP contribution < -0.4 is 4.74 Å². The molecule has 1 aromatic carbocycles. The molecular weight excluding hydrogens is 318 g/mol. The number of carbonyl (C=O) groups excluding carboxylic acids is 3. The van der Waals surface area contributed by atoms with Crippen LogP contribution in [-0.2, 0) is 14.3 Å². The summed E-state index contributed by atoms with van der Waals surface area (Å²) in [6.07, 6.45) is 1.64. The standard InChI is InChI=1S/C16H17NO5S/c1-4-22-14(18)9-17-15(19)13(23-16(17)20)8-11-5-6-12(21-3)7-10(11)2/h5-8H,4,9H2,1-3H3. The molecule has 0 atom stereocenters. The molecule has 1 saturated heterocycles. The average molecular weight is 335 g/mol. The minimum Gasteiger partial charge on any atom is -0.497 e. The van der Waals surface area contributed by atoms with Crippen LogP contribution in [0.3, 0.4) is 0 Å². The Hall–Kier alpha value is -2.28. The maximum absolute atomic E-state index is 12.3. The molecular formula is C16H17NO5S. The monoisotopic (exact) mass is 335 g/mol. The Morgan fingerprint density at radius 2 is 2.09 bits per heavy atom. The van der Waals surface area contributed by atoms with Crippen LogP contribution in [0.25, 0.3) is 6.08 Å². The molecule has 1 aliphatic heterocycles. The number of esters is 1. The number of hydrogen-bond acceptors (Lipinski definition) is 6. The van der Waals surface area contributed by atoms with Crippen LogP contribution in [0.1, 0.15) is 18.1 Å². The fourth-order valence-electron chi connectivity index (χ4n) is 2.05. The Balaban J connectivity index is 2.20. The molecule has 0 bridgehead atoms. The molecule has 23 heavy (non-hydrogen) atoms. The third-order valence-corrected chi connectivity index (χ3v) is 4.14. The van der Waals surface area contributed by atoms with E-state index in [1.54, 1.807) is 26.2 Å². The lowest BCUT2D eigenvalue weighted by molar-refractivity contribution is -0.145. The average Bonchev–Trinajstić information content (AvgIpc) is 2.77. The van der Waals surface area contributed by atoms with E-state index in [0.29, 0.717) is 0 Å². The van der Waals surface area contributed by atoms with E-state index in [-0.39, 0.29) is 18.1 Å². The summed E-state index contributed by atoms with van der Waals surface area (Å²) < 4.78 is 9.91. The molecule has 7 heteroatoms. The fraction of sp³-hybridized carbons (Fsp3) is 0.312. The minimum atomic E-state index is -0.600. The number of thioether (sulfide) groups is 1. The molecule has 0 spiro atoms. The van der Waals surface area contributed by atoms with Gasteiger partial charge in [-0.1, -0.05) is 6.07 Å². The topological polar surface area (TPSA) is 72.9 Å². The van der Waals surface area contributed by atoms with Crippen LogP contribution in [0, 0.1) is 6.92 Å². The number of benzene rings is 1. The Morgan fingerprint density at radius 1 is 1.35 bits per heavy atom. The summed E-state index contributed by atoms with van der Waals surface area (Å²) in [5, 5.41) is -0.472. The fourth-order valence-corrected chi connectivity index (χ4v) is 2.88. The third-order valence-electron chi connectivity index (χ3n) is 3.23. The van der Waals surface area contributed by atoms with Crippen molar-refractivity contribution in [2.45, 2.75) is 13.8 Å². The predicted molar refractivity (Wildman–Crippen MR) is 87.0 cm³/mol. The predicted octanol–water partition coefficient (Wildman–Crippen LogP) is 2.60. The molecule has 1 aliphatic rings. The number of methoxy groups -OCH3 is 1. The summed E-state index contributed by atoms with van der Waals surface area (Å²) in [5.41, 5.74) is 1.73. The van der Waals surface area contributed by atoms with Gasteiger partial charge in [0.15, 0.2) is 0 Å². The molecule has 1 aromatic rings. The van der Waals surface area contributed by atoms with Gasteiger partial charge < -0.3 is 9.47 Å². The summed E-state index contributed by atoms with van der Waals surface area (Å²) in [7, 11) is 1.58. The second kappa shape index (κ2) is 7.32. The summed E-state index contributed by atoms with van der Waals surface area (Å²) >= 11 is 0.815. The molecule has 0 aromatic heterocycles. The van der Waals surface area contributed by atoms with Gasteiger partial charge in [-0.25, -0.2) is 0 Å². The van der Waals surface area contributed by atoms with Crippen LogP contribution in [0.2, 0.25) is 0 Å². The lowest BCUT2D eigenvalue weighted by Crippen LogP contribution is -2.34. The first-order chi connectivity index (χ1) is 11.0. The first-order valence-corrected chi connectivity index (χ1v) is 7.83. The van der Waals surface area contributed by atoms with Crippen molar-refractivity contribution in [3.8, 4) is 5.75 Å². The van der Waals surface area contributed by atoms with Crippen LogP contribution in [-0.4, -0.2) is 42.3 Å². The number of nitrogens with zero attached hydrogens (tertiary/aromatic N) is 1. The molecule has 0 radical (unpaired) electrons. The van der Waals surface area contributed by atoms with Crippen LogP contribution >= 0.6 is 11.8 Å². The highest BCUT2D eigenvalue weighted by Crippen LogP contribution is 2.33. The lowest BCUT2D eigenvalue weighted by Gasteiger charge is -2.10. The van der Waals surface area contributed by atoms with E-state index in [2.05, 4.69) is 0 Å². The van der Waals surface area contributed by atoms with E-state index < -0.39 is 17.1 Å². The zero-order valence-electron chi connectivity index (χ0n) is 13.1. The Labute approximate surface area is 138 Å². The van der Waals surface area contributed by atoms with Crippen molar-refractivity contribution in [1.29, 1.82) is 0 Å². The highest BCUT2D eigenvalue weighted by molar-refractivity contribution is 8.18. The molecule has 0 N–H and O–H groups in total. The van der Waals surface area contributed by atoms with Crippen molar-refractivity contribution in [2.75, 3.05) is 20.3 Å². The van der Waals surface area contributed by atoms with Gasteiger partial charge in [0.1, 0.15) is 12.3 Å². The number of ether oxygens (including phenoxy) is 2. The van der Waals surface area contributed by atoms with Gasteiger partial charge in [-0.05, 0) is 54.9 Å². The van der Waals surface area contributed by atoms with Crippen molar-refractivity contribution in [1.82, 2.24) is 4.90 Å². The van der Waals surface area contributed by atoms with E-state index in [1.165, 1.54) is 0 Å². The molecule has 0 aliphatic carbocycles. The summed E-state index contributed by atoms with van der Waals surface area (Å²) in [5.74, 6) is -0.366. The smallest absolute Gasteiger partial charge is 0.326 e. The van der Waals surface area contributed by atoms with Gasteiger partial charge in [0, 0.05) is 0 Å². The van der Waals surface area contributed by atoms with Gasteiger partial charge in [0.05, 0.1) is 18.6 Å². The Morgan fingerprint density at radius 3 is 2.70 bits per heavy atom. The molecule has 6 nitrogen and oxygen atoms in total. The molecule has 0 saturated carbocycles. The van der Waals surface area contributed by atoms with Crippen molar-refractivity contribution >= 4 is 35.0 Å². The largest absolute Gasteiger partial charge is 0.497 e. The molecule has 122 valence electrons. The van der Waals surface area contributed by atoms with Crippen molar-refractivity contribution in [3.63, 3.8) is 0 Å². The quantitative estimate of drug-likeness (QED) is 0.608. The highest BCUT2D eigenvalue weighted by Gasteiger charge is 2.36. The van der Waals surface area contributed by atoms with Gasteiger partial charge in [-0.2, -0.15) is 0 Å². The van der Waals surface area contributed by atoms with E-state index in [0.717, 1.165) is 33.5 Å². The van der Waals surface area contributed by atoms with Gasteiger partial charge in [0.2, 0.25) is 0 Å². The lowest BCUT2D eigenvalue weighted by atomic mass is 10.1. The van der Waals surface area contributed by atoms with E-state index in [4.69, 9.17) is 9.47 Å². The highest BCUT2D eigenvalue weighted by atomic mass is 32.2. The number of imide groups is 1. The van der Waals surface area contributed by atoms with Crippen molar-refractivity contribution < 1.29 is 23.9 Å². The summed E-state index contributed by atoms with van der Waals surface area (Å²) in [6, 6.07) is 5.43. The van der Waals surface area contributed by atoms with Crippen LogP contribution in [0.4, 0.5) is 4.79 Å². The molecule has 2 amide bonds. The Bertz CT molecular complexity index is 683. The van der Waals surface area contributed by atoms with Crippen LogP contribution in [0.5, 0.6) is 5.75 Å². The first kappa shape index (κ1) is 17.1. The number of amides is 2. The maximum Gasteiger partial charge on any atom is 0.326 e. The minimum absolute atomic E-state index is 0.204. The van der Waals surface area contributed by atoms with Crippen molar-refractivity contribution in [3.05, 3.63) is 34.2 Å².